The van der Waals surface area contributed by atoms with Crippen LogP contribution in [-0.4, -0.2) is 50.6 Å². The van der Waals surface area contributed by atoms with Gasteiger partial charge in [-0.15, -0.1) is 0 Å². The van der Waals surface area contributed by atoms with Crippen LogP contribution in [-0.2, 0) is 30.7 Å². The maximum Gasteiger partial charge on any atom is 0.362 e. The minimum absolute atomic E-state index is 0.00826. The number of phenolic OH excluding ortho intramolecular Hbond substituents is 1. The van der Waals surface area contributed by atoms with Crippen molar-refractivity contribution in [3.8, 4) is 11.5 Å². The van der Waals surface area contributed by atoms with Gasteiger partial charge >= 0.3 is 7.60 Å². The predicted molar refractivity (Wildman–Crippen MR) is 115 cm³/mol. The van der Waals surface area contributed by atoms with Gasteiger partial charge in [-0.2, -0.15) is 0 Å². The third kappa shape index (κ3) is 6.78. The molecule has 0 radical (unpaired) electrons. The molecule has 0 saturated heterocycles. The monoisotopic (exact) mass is 492 g/mol. The van der Waals surface area contributed by atoms with Crippen molar-refractivity contribution in [3.05, 3.63) is 47.0 Å². The molecule has 0 unspecified atom stereocenters. The molecule has 0 bridgehead atoms. The van der Waals surface area contributed by atoms with Gasteiger partial charge in [-0.05, 0) is 40.8 Å². The Morgan fingerprint density at radius 3 is 1.90 bits per heavy atom. The maximum absolute atomic E-state index is 12.5. The van der Waals surface area contributed by atoms with Crippen LogP contribution in [0.4, 0.5) is 0 Å². The summed E-state index contributed by atoms with van der Waals surface area (Å²) in [6.07, 6.45) is 0.708. The van der Waals surface area contributed by atoms with Crippen LogP contribution in [0, 0.1) is 0 Å². The fourth-order valence-corrected chi connectivity index (χ4v) is 5.36. The molecule has 0 amide bonds. The van der Waals surface area contributed by atoms with Gasteiger partial charge in [-0.1, -0.05) is 26.0 Å². The van der Waals surface area contributed by atoms with Crippen molar-refractivity contribution in [3.63, 3.8) is 0 Å². The first-order valence-corrected chi connectivity index (χ1v) is 14.6. The number of hydrogen-bond acceptors (Lipinski definition) is 7. The minimum Gasteiger partial charge on any atom is -0.508 e. The summed E-state index contributed by atoms with van der Waals surface area (Å²) < 4.78 is 65.9. The normalized spacial score (nSPS) is 12.9. The SMILES string of the molecule is CC(C)c1cc(Cc2c(S(C)(=O)=O)cc(OCP(=O)(O)O)cc2S(C)(=O)=O)ccc1O. The van der Waals surface area contributed by atoms with Crippen LogP contribution in [0.2, 0.25) is 0 Å². The number of hydrogen-bond donors (Lipinski definition) is 3. The zero-order valence-electron chi connectivity index (χ0n) is 17.4. The molecule has 0 aliphatic carbocycles. The summed E-state index contributed by atoms with van der Waals surface area (Å²) >= 11 is 0. The molecular formula is C19H25O9PS2. The van der Waals surface area contributed by atoms with E-state index in [1.54, 1.807) is 12.1 Å². The first-order chi connectivity index (χ1) is 14.0. The molecule has 31 heavy (non-hydrogen) atoms. The van der Waals surface area contributed by atoms with Crippen LogP contribution < -0.4 is 4.74 Å². The van der Waals surface area contributed by atoms with E-state index in [-0.39, 0.29) is 39.2 Å². The Morgan fingerprint density at radius 1 is 0.968 bits per heavy atom. The van der Waals surface area contributed by atoms with Gasteiger partial charge < -0.3 is 19.6 Å². The van der Waals surface area contributed by atoms with Crippen LogP contribution in [0.25, 0.3) is 0 Å². The summed E-state index contributed by atoms with van der Waals surface area (Å²) in [6.45, 7) is 3.74. The fourth-order valence-electron chi connectivity index (χ4n) is 3.05. The van der Waals surface area contributed by atoms with Crippen LogP contribution >= 0.6 is 7.60 Å². The summed E-state index contributed by atoms with van der Waals surface area (Å²) in [7, 11) is -12.4. The molecule has 0 heterocycles. The lowest BCUT2D eigenvalue weighted by Gasteiger charge is -2.17. The highest BCUT2D eigenvalue weighted by Gasteiger charge is 2.25. The molecule has 0 fully saturated rings. The maximum atomic E-state index is 12.5. The van der Waals surface area contributed by atoms with Crippen molar-refractivity contribution in [2.24, 2.45) is 0 Å². The van der Waals surface area contributed by atoms with Crippen molar-refractivity contribution in [1.29, 1.82) is 0 Å². The molecule has 9 nitrogen and oxygen atoms in total. The lowest BCUT2D eigenvalue weighted by Crippen LogP contribution is -2.12. The van der Waals surface area contributed by atoms with Crippen molar-refractivity contribution < 1.29 is 41.0 Å². The highest BCUT2D eigenvalue weighted by Crippen LogP contribution is 2.37. The van der Waals surface area contributed by atoms with Crippen molar-refractivity contribution in [2.45, 2.75) is 36.0 Å². The summed E-state index contributed by atoms with van der Waals surface area (Å²) in [4.78, 5) is 17.4. The Hall–Kier alpha value is -1.91. The molecule has 0 spiro atoms. The van der Waals surface area contributed by atoms with E-state index in [0.717, 1.165) is 24.6 Å². The standard InChI is InChI=1S/C19H25O9PS2/c1-12(2)15-7-13(5-6-17(15)20)8-16-18(30(3,24)25)9-14(28-11-29(21,22)23)10-19(16)31(4,26)27/h5-7,9-10,12,20H,8,11H2,1-4H3,(H2,21,22,23). The zero-order valence-corrected chi connectivity index (χ0v) is 20.0. The average Bonchev–Trinajstić information content (AvgIpc) is 2.59. The molecule has 0 aliphatic rings. The summed E-state index contributed by atoms with van der Waals surface area (Å²) in [6, 6.07) is 6.81. The number of benzene rings is 2. The second-order valence-electron chi connectivity index (χ2n) is 7.61. The molecule has 2 rings (SSSR count). The van der Waals surface area contributed by atoms with E-state index in [0.29, 0.717) is 11.1 Å². The van der Waals surface area contributed by atoms with Gasteiger partial charge in [0.15, 0.2) is 26.0 Å². The Bertz CT molecular complexity index is 1190. The largest absolute Gasteiger partial charge is 0.508 e. The third-order valence-corrected chi connectivity index (χ3v) is 7.23. The van der Waals surface area contributed by atoms with Gasteiger partial charge in [0.1, 0.15) is 11.5 Å². The molecular weight excluding hydrogens is 467 g/mol. The van der Waals surface area contributed by atoms with Gasteiger partial charge in [0.25, 0.3) is 0 Å². The van der Waals surface area contributed by atoms with Gasteiger partial charge in [0.05, 0.1) is 9.79 Å². The Morgan fingerprint density at radius 2 is 1.48 bits per heavy atom. The lowest BCUT2D eigenvalue weighted by atomic mass is 9.96. The Balaban J connectivity index is 2.73. The van der Waals surface area contributed by atoms with E-state index >= 15 is 0 Å². The average molecular weight is 493 g/mol. The number of ether oxygens (including phenoxy) is 1. The lowest BCUT2D eigenvalue weighted by molar-refractivity contribution is 0.299. The molecule has 2 aromatic carbocycles. The third-order valence-electron chi connectivity index (χ3n) is 4.43. The number of rotatable bonds is 8. The molecule has 172 valence electrons. The van der Waals surface area contributed by atoms with Gasteiger partial charge in [-0.25, -0.2) is 16.8 Å². The van der Waals surface area contributed by atoms with E-state index in [4.69, 9.17) is 14.5 Å². The smallest absolute Gasteiger partial charge is 0.362 e. The topological polar surface area (TPSA) is 155 Å². The van der Waals surface area contributed by atoms with E-state index in [1.807, 2.05) is 13.8 Å². The molecule has 2 aromatic rings. The van der Waals surface area contributed by atoms with Gasteiger partial charge in [0, 0.05) is 18.9 Å². The highest BCUT2D eigenvalue weighted by molar-refractivity contribution is 7.91. The molecule has 0 atom stereocenters. The van der Waals surface area contributed by atoms with Crippen molar-refractivity contribution in [1.82, 2.24) is 0 Å². The number of phenols is 1. The summed E-state index contributed by atoms with van der Waals surface area (Å²) in [5.41, 5.74) is 1.22. The molecule has 0 saturated carbocycles. The van der Waals surface area contributed by atoms with Gasteiger partial charge in [0.2, 0.25) is 0 Å². The molecule has 12 heteroatoms. The fraction of sp³-hybridized carbons (Fsp3) is 0.368. The van der Waals surface area contributed by atoms with Crippen molar-refractivity contribution >= 4 is 27.3 Å². The summed E-state index contributed by atoms with van der Waals surface area (Å²) in [5.74, 6) is -0.236. The number of aromatic hydroxyl groups is 1. The second kappa shape index (κ2) is 8.91. The minimum atomic E-state index is -4.57. The molecule has 3 N–H and O–H groups in total. The van der Waals surface area contributed by atoms with E-state index in [1.165, 1.54) is 6.07 Å². The quantitative estimate of drug-likeness (QED) is 0.471. The van der Waals surface area contributed by atoms with Crippen LogP contribution in [0.1, 0.15) is 36.5 Å². The highest BCUT2D eigenvalue weighted by atomic mass is 32.2. The Labute approximate surface area is 181 Å². The number of sulfone groups is 2. The summed E-state index contributed by atoms with van der Waals surface area (Å²) in [5, 5.41) is 10.0. The first kappa shape index (κ1) is 25.4. The molecule has 0 aromatic heterocycles. The van der Waals surface area contributed by atoms with E-state index < -0.39 is 33.6 Å². The van der Waals surface area contributed by atoms with Crippen molar-refractivity contribution in [2.75, 3.05) is 18.9 Å². The van der Waals surface area contributed by atoms with E-state index in [9.17, 15) is 26.5 Å². The second-order valence-corrected chi connectivity index (χ2v) is 13.2. The van der Waals surface area contributed by atoms with Crippen LogP contribution in [0.15, 0.2) is 40.1 Å². The zero-order chi connectivity index (χ0) is 23.8. The molecule has 0 aliphatic heterocycles. The van der Waals surface area contributed by atoms with Gasteiger partial charge in [-0.3, -0.25) is 4.57 Å². The Kier molecular flexibility index (Phi) is 7.29. The van der Waals surface area contributed by atoms with E-state index in [2.05, 4.69) is 0 Å². The predicted octanol–water partition coefficient (Wildman–Crippen LogP) is 2.43. The first-order valence-electron chi connectivity index (χ1n) is 9.05. The van der Waals surface area contributed by atoms with Crippen LogP contribution in [0.5, 0.6) is 11.5 Å². The van der Waals surface area contributed by atoms with Crippen LogP contribution in [0.3, 0.4) is 0 Å².